The number of amides is 1. The maximum absolute atomic E-state index is 12.8. The maximum Gasteiger partial charge on any atom is 0.422 e. The molecule has 1 aliphatic heterocycles. The fourth-order valence-electron chi connectivity index (χ4n) is 2.77. The minimum atomic E-state index is -4.70. The first-order valence-corrected chi connectivity index (χ1v) is 11.8. The lowest BCUT2D eigenvalue weighted by Gasteiger charge is -2.43. The minimum absolute atomic E-state index is 0.0991. The standard InChI is InChI=1S/C21H21BrF3NO7S/c1-12(2)17(20(29)32-10-13-4-6-14(31-3)7-5-13)26-18(28)16(22)19(26)34(30)9-8-15(27)33-11-21(23,24)25/h4-9,16,19H,10-11H2,1-3H3. The van der Waals surface area contributed by atoms with Gasteiger partial charge in [0.25, 0.3) is 0 Å². The van der Waals surface area contributed by atoms with Crippen LogP contribution in [0.5, 0.6) is 5.75 Å². The van der Waals surface area contributed by atoms with E-state index in [1.165, 1.54) is 7.11 Å². The van der Waals surface area contributed by atoms with Gasteiger partial charge < -0.3 is 14.2 Å². The van der Waals surface area contributed by atoms with Gasteiger partial charge in [0.05, 0.1) is 17.9 Å². The molecule has 8 nitrogen and oxygen atoms in total. The van der Waals surface area contributed by atoms with Crippen LogP contribution in [0.25, 0.3) is 0 Å². The van der Waals surface area contributed by atoms with Gasteiger partial charge in [0.2, 0.25) is 5.91 Å². The molecule has 34 heavy (non-hydrogen) atoms. The number of carbonyl (C=O) groups is 3. The van der Waals surface area contributed by atoms with E-state index in [1.807, 2.05) is 0 Å². The van der Waals surface area contributed by atoms with Crippen LogP contribution in [0.3, 0.4) is 0 Å². The molecule has 0 aliphatic carbocycles. The second-order valence-corrected chi connectivity index (χ2v) is 9.53. The van der Waals surface area contributed by atoms with Gasteiger partial charge in [0, 0.05) is 11.5 Å². The lowest BCUT2D eigenvalue weighted by atomic mass is 10.1. The predicted molar refractivity (Wildman–Crippen MR) is 119 cm³/mol. The van der Waals surface area contributed by atoms with Gasteiger partial charge in [-0.15, -0.1) is 0 Å². The molecule has 1 heterocycles. The van der Waals surface area contributed by atoms with E-state index in [4.69, 9.17) is 9.47 Å². The van der Waals surface area contributed by atoms with Crippen molar-refractivity contribution in [2.24, 2.45) is 0 Å². The van der Waals surface area contributed by atoms with Crippen molar-refractivity contribution in [1.82, 2.24) is 4.90 Å². The van der Waals surface area contributed by atoms with Crippen molar-refractivity contribution in [3.63, 3.8) is 0 Å². The summed E-state index contributed by atoms with van der Waals surface area (Å²) in [4.78, 5) is 36.7. The number of methoxy groups -OCH3 is 1. The van der Waals surface area contributed by atoms with Gasteiger partial charge in [-0.25, -0.2) is 9.59 Å². The number of hydrogen-bond acceptors (Lipinski definition) is 7. The molecule has 1 amide bonds. The number of halogens is 4. The SMILES string of the molecule is COc1ccc(COC(=O)C(=C(C)C)N2C(=O)C(Br)C2S(=O)C=CC(=O)OCC(F)(F)F)cc1. The van der Waals surface area contributed by atoms with Crippen molar-refractivity contribution in [3.05, 3.63) is 52.6 Å². The molecule has 186 valence electrons. The molecule has 3 atom stereocenters. The third kappa shape index (κ3) is 7.16. The molecule has 0 spiro atoms. The van der Waals surface area contributed by atoms with E-state index in [0.717, 1.165) is 10.3 Å². The Balaban J connectivity index is 2.10. The van der Waals surface area contributed by atoms with Crippen LogP contribution in [0.4, 0.5) is 13.2 Å². The quantitative estimate of drug-likeness (QED) is 0.195. The van der Waals surface area contributed by atoms with Crippen LogP contribution in [0.2, 0.25) is 0 Å². The topological polar surface area (TPSA) is 99.2 Å². The van der Waals surface area contributed by atoms with E-state index >= 15 is 0 Å². The highest BCUT2D eigenvalue weighted by Crippen LogP contribution is 2.35. The Morgan fingerprint density at radius 1 is 1.18 bits per heavy atom. The van der Waals surface area contributed by atoms with E-state index in [2.05, 4.69) is 20.7 Å². The fraction of sp³-hybridized carbons (Fsp3) is 0.381. The number of hydrogen-bond donors (Lipinski definition) is 0. The number of alkyl halides is 4. The van der Waals surface area contributed by atoms with Crippen LogP contribution in [0.1, 0.15) is 19.4 Å². The summed E-state index contributed by atoms with van der Waals surface area (Å²) in [5, 5.41) is -0.292. The lowest BCUT2D eigenvalue weighted by molar-refractivity contribution is -0.182. The molecule has 13 heteroatoms. The molecule has 0 aromatic heterocycles. The highest BCUT2D eigenvalue weighted by atomic mass is 79.9. The number of likely N-dealkylation sites (tertiary alicyclic amines) is 1. The van der Waals surface area contributed by atoms with E-state index < -0.39 is 51.6 Å². The van der Waals surface area contributed by atoms with Gasteiger partial charge in [-0.3, -0.25) is 13.9 Å². The first kappa shape index (κ1) is 27.6. The molecule has 1 aliphatic rings. The minimum Gasteiger partial charge on any atom is -0.497 e. The van der Waals surface area contributed by atoms with Gasteiger partial charge >= 0.3 is 18.1 Å². The third-order valence-corrected chi connectivity index (χ3v) is 6.98. The maximum atomic E-state index is 12.8. The largest absolute Gasteiger partial charge is 0.497 e. The zero-order valence-electron chi connectivity index (χ0n) is 18.3. The van der Waals surface area contributed by atoms with Crippen molar-refractivity contribution in [2.75, 3.05) is 13.7 Å². The number of carbonyl (C=O) groups excluding carboxylic acids is 3. The molecule has 1 aromatic rings. The highest BCUT2D eigenvalue weighted by molar-refractivity contribution is 9.10. The first-order chi connectivity index (χ1) is 15.9. The third-order valence-electron chi connectivity index (χ3n) is 4.37. The molecule has 3 unspecified atom stereocenters. The Bertz CT molecular complexity index is 1020. The molecular weight excluding hydrogens is 547 g/mol. The molecule has 0 saturated carbocycles. The van der Waals surface area contributed by atoms with Gasteiger partial charge in [0.15, 0.2) is 6.61 Å². The van der Waals surface area contributed by atoms with Crippen LogP contribution in [0, 0.1) is 0 Å². The van der Waals surface area contributed by atoms with Gasteiger partial charge in [0.1, 0.15) is 28.3 Å². The van der Waals surface area contributed by atoms with Crippen molar-refractivity contribution in [3.8, 4) is 5.75 Å². The van der Waals surface area contributed by atoms with E-state index in [9.17, 15) is 31.8 Å². The predicted octanol–water partition coefficient (Wildman–Crippen LogP) is 3.33. The number of nitrogens with zero attached hydrogens (tertiary/aromatic N) is 1. The van der Waals surface area contributed by atoms with Crippen LogP contribution < -0.4 is 4.74 Å². The number of β-lactam (4-membered cyclic amide) rings is 1. The normalized spacial score (nSPS) is 18.8. The Morgan fingerprint density at radius 2 is 1.79 bits per heavy atom. The fourth-order valence-corrected chi connectivity index (χ4v) is 5.05. The number of ether oxygens (including phenoxy) is 3. The Kier molecular flexibility index (Phi) is 9.45. The Labute approximate surface area is 204 Å². The first-order valence-electron chi connectivity index (χ1n) is 9.61. The number of allylic oxidation sites excluding steroid dienone is 1. The average Bonchev–Trinajstić information content (AvgIpc) is 2.78. The number of benzene rings is 1. The van der Waals surface area contributed by atoms with Crippen molar-refractivity contribution >= 4 is 44.6 Å². The number of esters is 2. The molecule has 0 radical (unpaired) electrons. The molecule has 1 fully saturated rings. The Morgan fingerprint density at radius 3 is 2.32 bits per heavy atom. The zero-order valence-corrected chi connectivity index (χ0v) is 20.7. The van der Waals surface area contributed by atoms with Crippen LogP contribution in [-0.4, -0.2) is 57.0 Å². The molecular formula is C21H21BrF3NO7S. The summed E-state index contributed by atoms with van der Waals surface area (Å²) < 4.78 is 63.4. The number of rotatable bonds is 9. The van der Waals surface area contributed by atoms with Gasteiger partial charge in [-0.2, -0.15) is 13.2 Å². The highest BCUT2D eigenvalue weighted by Gasteiger charge is 2.52. The summed E-state index contributed by atoms with van der Waals surface area (Å²) in [6.45, 7) is 1.23. The molecule has 1 saturated heterocycles. The average molecular weight is 568 g/mol. The Hall–Kier alpha value is -2.67. The van der Waals surface area contributed by atoms with Crippen LogP contribution in [0.15, 0.2) is 47.0 Å². The monoisotopic (exact) mass is 567 g/mol. The van der Waals surface area contributed by atoms with Crippen molar-refractivity contribution < 1.29 is 46.0 Å². The second kappa shape index (κ2) is 11.6. The van der Waals surface area contributed by atoms with Crippen LogP contribution >= 0.6 is 15.9 Å². The van der Waals surface area contributed by atoms with E-state index in [1.54, 1.807) is 38.1 Å². The van der Waals surface area contributed by atoms with Crippen molar-refractivity contribution in [2.45, 2.75) is 36.8 Å². The second-order valence-electron chi connectivity index (χ2n) is 7.13. The van der Waals surface area contributed by atoms with Gasteiger partial charge in [-0.1, -0.05) is 28.1 Å². The zero-order chi connectivity index (χ0) is 25.6. The summed E-state index contributed by atoms with van der Waals surface area (Å²) in [5.41, 5.74) is 0.944. The molecule has 0 bridgehead atoms. The van der Waals surface area contributed by atoms with Crippen LogP contribution in [-0.2, 0) is 41.3 Å². The summed E-state index contributed by atoms with van der Waals surface area (Å²) >= 11 is 3.08. The lowest BCUT2D eigenvalue weighted by Crippen LogP contribution is -2.63. The summed E-state index contributed by atoms with van der Waals surface area (Å²) in [5.74, 6) is -2.13. The van der Waals surface area contributed by atoms with Gasteiger partial charge in [-0.05, 0) is 37.1 Å². The summed E-state index contributed by atoms with van der Waals surface area (Å²) in [6.07, 6.45) is -4.13. The molecule has 1 aromatic carbocycles. The van der Waals surface area contributed by atoms with E-state index in [0.29, 0.717) is 23.0 Å². The molecule has 0 N–H and O–H groups in total. The summed E-state index contributed by atoms with van der Waals surface area (Å²) in [6, 6.07) is 6.76. The smallest absolute Gasteiger partial charge is 0.422 e. The van der Waals surface area contributed by atoms with E-state index in [-0.39, 0.29) is 12.3 Å². The summed E-state index contributed by atoms with van der Waals surface area (Å²) in [7, 11) is -0.550. The van der Waals surface area contributed by atoms with Crippen molar-refractivity contribution in [1.29, 1.82) is 0 Å². The molecule has 2 rings (SSSR count).